The largest absolute Gasteiger partial charge is 0.352 e. The van der Waals surface area contributed by atoms with Crippen LogP contribution in [0.15, 0.2) is 24.3 Å². The summed E-state index contributed by atoms with van der Waals surface area (Å²) in [5.41, 5.74) is 5.32. The Morgan fingerprint density at radius 1 is 1.25 bits per heavy atom. The SMILES string of the molecule is CC(c1cccc(F)c1)N1CCN(C(=O)C2(NC(N)=O)CC2)CC1. The van der Waals surface area contributed by atoms with Crippen LogP contribution in [0.3, 0.4) is 0 Å². The maximum absolute atomic E-state index is 13.4. The number of carbonyl (C=O) groups is 2. The van der Waals surface area contributed by atoms with Crippen LogP contribution in [0.4, 0.5) is 9.18 Å². The lowest BCUT2D eigenvalue weighted by Crippen LogP contribution is -2.57. The Morgan fingerprint density at radius 2 is 1.92 bits per heavy atom. The van der Waals surface area contributed by atoms with Gasteiger partial charge in [0.15, 0.2) is 0 Å². The van der Waals surface area contributed by atoms with Crippen LogP contribution >= 0.6 is 0 Å². The molecule has 1 atom stereocenters. The summed E-state index contributed by atoms with van der Waals surface area (Å²) in [7, 11) is 0. The molecular weight excluding hydrogens is 311 g/mol. The third-order valence-electron chi connectivity index (χ3n) is 5.00. The van der Waals surface area contributed by atoms with E-state index in [0.29, 0.717) is 25.9 Å². The zero-order chi connectivity index (χ0) is 17.3. The summed E-state index contributed by atoms with van der Waals surface area (Å²) >= 11 is 0. The number of hydrogen-bond acceptors (Lipinski definition) is 3. The first-order valence-corrected chi connectivity index (χ1v) is 8.28. The lowest BCUT2D eigenvalue weighted by Gasteiger charge is -2.39. The Labute approximate surface area is 140 Å². The van der Waals surface area contributed by atoms with Crippen molar-refractivity contribution in [2.24, 2.45) is 5.73 Å². The third kappa shape index (κ3) is 3.36. The number of nitrogens with zero attached hydrogens (tertiary/aromatic N) is 2. The van der Waals surface area contributed by atoms with Gasteiger partial charge < -0.3 is 16.0 Å². The fraction of sp³-hybridized carbons (Fsp3) is 0.529. The maximum Gasteiger partial charge on any atom is 0.313 e. The highest BCUT2D eigenvalue weighted by molar-refractivity contribution is 5.93. The van der Waals surface area contributed by atoms with Gasteiger partial charge in [-0.3, -0.25) is 9.69 Å². The number of halogens is 1. The van der Waals surface area contributed by atoms with Gasteiger partial charge >= 0.3 is 6.03 Å². The highest BCUT2D eigenvalue weighted by Crippen LogP contribution is 2.37. The van der Waals surface area contributed by atoms with Gasteiger partial charge in [-0.1, -0.05) is 12.1 Å². The normalized spacial score (nSPS) is 21.2. The fourth-order valence-corrected chi connectivity index (χ4v) is 3.35. The number of benzene rings is 1. The molecule has 7 heteroatoms. The number of primary amides is 1. The smallest absolute Gasteiger partial charge is 0.313 e. The number of nitrogens with one attached hydrogen (secondary N) is 1. The molecule has 3 N–H and O–H groups in total. The summed E-state index contributed by atoms with van der Waals surface area (Å²) in [5, 5.41) is 2.59. The second-order valence-corrected chi connectivity index (χ2v) is 6.63. The van der Waals surface area contributed by atoms with Crippen molar-refractivity contribution in [3.8, 4) is 0 Å². The molecule has 1 heterocycles. The van der Waals surface area contributed by atoms with E-state index in [2.05, 4.69) is 10.2 Å². The molecule has 2 aliphatic rings. The molecule has 1 aliphatic carbocycles. The molecule has 2 fully saturated rings. The number of amides is 3. The van der Waals surface area contributed by atoms with Gasteiger partial charge in [-0.2, -0.15) is 0 Å². The molecule has 1 aromatic rings. The van der Waals surface area contributed by atoms with E-state index < -0.39 is 11.6 Å². The van der Waals surface area contributed by atoms with Gasteiger partial charge in [-0.25, -0.2) is 9.18 Å². The first kappa shape index (κ1) is 16.7. The van der Waals surface area contributed by atoms with Gasteiger partial charge in [0, 0.05) is 32.2 Å². The van der Waals surface area contributed by atoms with Crippen LogP contribution < -0.4 is 11.1 Å². The predicted octanol–water partition coefficient (Wildman–Crippen LogP) is 1.23. The lowest BCUT2D eigenvalue weighted by molar-refractivity contribution is -0.136. The monoisotopic (exact) mass is 334 g/mol. The van der Waals surface area contributed by atoms with Crippen molar-refractivity contribution in [2.75, 3.05) is 26.2 Å². The molecule has 3 rings (SSSR count). The topological polar surface area (TPSA) is 78.7 Å². The first-order chi connectivity index (χ1) is 11.4. The highest BCUT2D eigenvalue weighted by atomic mass is 19.1. The standard InChI is InChI=1S/C17H23FN4O2/c1-12(13-3-2-4-14(18)11-13)21-7-9-22(10-8-21)15(23)17(5-6-17)20-16(19)24/h2-4,11-12H,5-10H2,1H3,(H3,19,20,24). The molecule has 0 radical (unpaired) electrons. The number of piperazine rings is 1. The number of hydrogen-bond donors (Lipinski definition) is 2. The molecular formula is C17H23FN4O2. The minimum Gasteiger partial charge on any atom is -0.352 e. The number of urea groups is 1. The molecule has 24 heavy (non-hydrogen) atoms. The van der Waals surface area contributed by atoms with Gasteiger partial charge in [0.05, 0.1) is 0 Å². The molecule has 6 nitrogen and oxygen atoms in total. The van der Waals surface area contributed by atoms with E-state index >= 15 is 0 Å². The molecule has 130 valence electrons. The Bertz CT molecular complexity index is 639. The maximum atomic E-state index is 13.4. The fourth-order valence-electron chi connectivity index (χ4n) is 3.35. The molecule has 3 amide bonds. The molecule has 0 spiro atoms. The minimum absolute atomic E-state index is 0.0423. The van der Waals surface area contributed by atoms with Crippen LogP contribution in [-0.4, -0.2) is 53.5 Å². The van der Waals surface area contributed by atoms with E-state index in [1.54, 1.807) is 17.0 Å². The van der Waals surface area contributed by atoms with E-state index in [-0.39, 0.29) is 17.8 Å². The van der Waals surface area contributed by atoms with Crippen molar-refractivity contribution in [2.45, 2.75) is 31.3 Å². The molecule has 1 aliphatic heterocycles. The zero-order valence-electron chi connectivity index (χ0n) is 13.8. The van der Waals surface area contributed by atoms with Crippen molar-refractivity contribution < 1.29 is 14.0 Å². The quantitative estimate of drug-likeness (QED) is 0.869. The second kappa shape index (κ2) is 6.39. The summed E-state index contributed by atoms with van der Waals surface area (Å²) in [6.07, 6.45) is 1.30. The van der Waals surface area contributed by atoms with E-state index in [1.165, 1.54) is 6.07 Å². The molecule has 1 unspecified atom stereocenters. The number of carbonyl (C=O) groups excluding carboxylic acids is 2. The van der Waals surface area contributed by atoms with Crippen LogP contribution in [0, 0.1) is 5.82 Å². The molecule has 0 aromatic heterocycles. The number of nitrogens with two attached hydrogens (primary N) is 1. The van der Waals surface area contributed by atoms with Crippen molar-refractivity contribution in [3.05, 3.63) is 35.6 Å². The van der Waals surface area contributed by atoms with Gasteiger partial charge in [0.2, 0.25) is 5.91 Å². The summed E-state index contributed by atoms with van der Waals surface area (Å²) in [6.45, 7) is 4.68. The van der Waals surface area contributed by atoms with Crippen LogP contribution in [-0.2, 0) is 4.79 Å². The lowest BCUT2D eigenvalue weighted by atomic mass is 10.1. The van der Waals surface area contributed by atoms with Crippen molar-refractivity contribution in [3.63, 3.8) is 0 Å². The van der Waals surface area contributed by atoms with E-state index in [1.807, 2.05) is 13.0 Å². The van der Waals surface area contributed by atoms with Crippen LogP contribution in [0.25, 0.3) is 0 Å². The summed E-state index contributed by atoms with van der Waals surface area (Å²) in [5.74, 6) is -0.277. The zero-order valence-corrected chi connectivity index (χ0v) is 13.8. The summed E-state index contributed by atoms with van der Waals surface area (Å²) in [6, 6.07) is 6.07. The predicted molar refractivity (Wildman–Crippen MR) is 87.7 cm³/mol. The van der Waals surface area contributed by atoms with Gasteiger partial charge in [0.1, 0.15) is 11.4 Å². The Kier molecular flexibility index (Phi) is 4.45. The first-order valence-electron chi connectivity index (χ1n) is 8.28. The van der Waals surface area contributed by atoms with Crippen LogP contribution in [0.5, 0.6) is 0 Å². The van der Waals surface area contributed by atoms with Crippen molar-refractivity contribution in [1.29, 1.82) is 0 Å². The van der Waals surface area contributed by atoms with E-state index in [9.17, 15) is 14.0 Å². The van der Waals surface area contributed by atoms with E-state index in [4.69, 9.17) is 5.73 Å². The number of rotatable bonds is 4. The van der Waals surface area contributed by atoms with E-state index in [0.717, 1.165) is 18.7 Å². The average molecular weight is 334 g/mol. The van der Waals surface area contributed by atoms with Crippen molar-refractivity contribution >= 4 is 11.9 Å². The van der Waals surface area contributed by atoms with Crippen molar-refractivity contribution in [1.82, 2.24) is 15.1 Å². The molecule has 1 saturated carbocycles. The molecule has 1 aromatic carbocycles. The third-order valence-corrected chi connectivity index (χ3v) is 5.00. The van der Waals surface area contributed by atoms with Gasteiger partial charge in [0.25, 0.3) is 0 Å². The summed E-state index contributed by atoms with van der Waals surface area (Å²) < 4.78 is 13.4. The van der Waals surface area contributed by atoms with Crippen LogP contribution in [0.2, 0.25) is 0 Å². The van der Waals surface area contributed by atoms with Crippen LogP contribution in [0.1, 0.15) is 31.4 Å². The average Bonchev–Trinajstić information content (AvgIpc) is 3.33. The summed E-state index contributed by atoms with van der Waals surface area (Å²) in [4.78, 5) is 27.7. The molecule has 1 saturated heterocycles. The Balaban J connectivity index is 1.58. The Morgan fingerprint density at radius 3 is 2.46 bits per heavy atom. The minimum atomic E-state index is -0.776. The second-order valence-electron chi connectivity index (χ2n) is 6.63. The highest BCUT2D eigenvalue weighted by Gasteiger charge is 2.53. The van der Waals surface area contributed by atoms with Gasteiger partial charge in [-0.15, -0.1) is 0 Å². The molecule has 0 bridgehead atoms. The Hall–Kier alpha value is -2.15. The van der Waals surface area contributed by atoms with Gasteiger partial charge in [-0.05, 0) is 37.5 Å².